The van der Waals surface area contributed by atoms with Gasteiger partial charge in [-0.1, -0.05) is 30.3 Å². The zero-order valence-electron chi connectivity index (χ0n) is 34.4. The Bertz CT molecular complexity index is 1740. The van der Waals surface area contributed by atoms with E-state index in [4.69, 9.17) is 22.3 Å². The highest BCUT2D eigenvalue weighted by atomic mass is 16.4. The van der Waals surface area contributed by atoms with Crippen LogP contribution in [0.2, 0.25) is 0 Å². The fraction of sp³-hybridized carbons (Fsp3) is 0.568. The van der Waals surface area contributed by atoms with Crippen LogP contribution in [0.15, 0.2) is 30.3 Å². The van der Waals surface area contributed by atoms with Crippen molar-refractivity contribution in [3.05, 3.63) is 35.9 Å². The Morgan fingerprint density at radius 1 is 0.587 bits per heavy atom. The van der Waals surface area contributed by atoms with Gasteiger partial charge in [-0.05, 0) is 44.7 Å². The lowest BCUT2D eigenvalue weighted by Gasteiger charge is -2.27. The largest absolute Gasteiger partial charge is 0.481 e. The van der Waals surface area contributed by atoms with E-state index in [0.717, 1.165) is 6.92 Å². The summed E-state index contributed by atoms with van der Waals surface area (Å²) in [5, 5.41) is 73.6. The minimum atomic E-state index is -1.96. The van der Waals surface area contributed by atoms with Gasteiger partial charge in [-0.3, -0.25) is 43.2 Å². The van der Waals surface area contributed by atoms with E-state index in [2.05, 4.69) is 31.9 Å². The van der Waals surface area contributed by atoms with Gasteiger partial charge in [-0.25, -0.2) is 4.79 Å². The molecule has 26 nitrogen and oxygen atoms in total. The molecule has 8 amide bonds. The maximum Gasteiger partial charge on any atom is 0.326 e. The highest BCUT2D eigenvalue weighted by Gasteiger charge is 2.36. The van der Waals surface area contributed by atoms with Crippen molar-refractivity contribution >= 4 is 59.2 Å². The average molecular weight is 899 g/mol. The number of primary amides is 1. The summed E-state index contributed by atoms with van der Waals surface area (Å²) < 4.78 is 0. The Hall–Kier alpha value is -6.32. The number of hydrogen-bond acceptors (Lipinski definition) is 16. The molecule has 352 valence electrons. The number of unbranched alkanes of at least 4 members (excludes halogenated alkanes) is 1. The Balaban J connectivity index is 3.26. The molecule has 0 fully saturated rings. The molecule has 9 atom stereocenters. The van der Waals surface area contributed by atoms with Crippen LogP contribution in [0.25, 0.3) is 0 Å². The summed E-state index contributed by atoms with van der Waals surface area (Å²) in [4.78, 5) is 127. The number of carbonyl (C=O) groups excluding carboxylic acids is 8. The summed E-state index contributed by atoms with van der Waals surface area (Å²) in [6.07, 6.45) is -3.30. The van der Waals surface area contributed by atoms with Crippen LogP contribution in [0, 0.1) is 0 Å². The number of aliphatic hydroxyl groups is 4. The summed E-state index contributed by atoms with van der Waals surface area (Å²) in [5.41, 5.74) is 16.6. The SMILES string of the molecule is C[C@@H](O)[C@H](NC(=O)[C@H](CC(N)=O)NC(=O)[C@@H](N)CO)C(=O)N[C@@H](CO)C(=O)N[C@@H](CCC(=O)O)C(=O)N[C@@H](CO)C(=O)N[C@@H](Cc1ccccc1)C(=O)N[C@@H](CCCCN)C(=O)O. The third-order valence-corrected chi connectivity index (χ3v) is 9.02. The van der Waals surface area contributed by atoms with Gasteiger partial charge in [0.2, 0.25) is 47.3 Å². The fourth-order valence-electron chi connectivity index (χ4n) is 5.52. The molecule has 0 aliphatic carbocycles. The predicted octanol–water partition coefficient (Wildman–Crippen LogP) is -7.74. The fourth-order valence-corrected chi connectivity index (χ4v) is 5.52. The summed E-state index contributed by atoms with van der Waals surface area (Å²) in [5.74, 6) is -12.2. The molecule has 0 unspecified atom stereocenters. The van der Waals surface area contributed by atoms with E-state index in [1.807, 2.05) is 5.32 Å². The van der Waals surface area contributed by atoms with Gasteiger partial charge < -0.3 is 85.1 Å². The molecule has 0 saturated carbocycles. The Labute approximate surface area is 360 Å². The molecule has 63 heavy (non-hydrogen) atoms. The first-order chi connectivity index (χ1) is 29.7. The minimum absolute atomic E-state index is 0.0178. The number of carbonyl (C=O) groups is 10. The number of amides is 8. The number of benzene rings is 1. The van der Waals surface area contributed by atoms with Gasteiger partial charge in [0.25, 0.3) is 0 Å². The topological polar surface area (TPSA) is 454 Å². The second-order valence-corrected chi connectivity index (χ2v) is 14.2. The zero-order valence-corrected chi connectivity index (χ0v) is 34.4. The summed E-state index contributed by atoms with van der Waals surface area (Å²) in [6, 6.07) is -5.45. The van der Waals surface area contributed by atoms with Gasteiger partial charge in [-0.15, -0.1) is 0 Å². The third kappa shape index (κ3) is 19.9. The number of rotatable bonds is 30. The van der Waals surface area contributed by atoms with Gasteiger partial charge in [0, 0.05) is 12.8 Å². The van der Waals surface area contributed by atoms with Crippen molar-refractivity contribution in [3.63, 3.8) is 0 Å². The van der Waals surface area contributed by atoms with Crippen LogP contribution in [-0.4, -0.2) is 171 Å². The molecule has 0 aliphatic rings. The number of nitrogens with two attached hydrogens (primary N) is 3. The minimum Gasteiger partial charge on any atom is -0.481 e. The molecular formula is C37H58N10O16. The molecule has 0 aromatic heterocycles. The number of carboxylic acids is 2. The van der Waals surface area contributed by atoms with E-state index in [1.165, 1.54) is 0 Å². The first-order valence-electron chi connectivity index (χ1n) is 19.5. The Morgan fingerprint density at radius 2 is 1.06 bits per heavy atom. The molecule has 1 aromatic carbocycles. The third-order valence-electron chi connectivity index (χ3n) is 9.02. The van der Waals surface area contributed by atoms with Crippen molar-refractivity contribution in [2.75, 3.05) is 26.4 Å². The van der Waals surface area contributed by atoms with E-state index in [-0.39, 0.29) is 19.4 Å². The van der Waals surface area contributed by atoms with Crippen LogP contribution >= 0.6 is 0 Å². The van der Waals surface area contributed by atoms with Gasteiger partial charge in [0.1, 0.15) is 48.3 Å². The van der Waals surface area contributed by atoms with Crippen LogP contribution in [-0.2, 0) is 54.4 Å². The molecule has 1 rings (SSSR count). The molecule has 19 N–H and O–H groups in total. The maximum atomic E-state index is 13.5. The second-order valence-electron chi connectivity index (χ2n) is 14.2. The van der Waals surface area contributed by atoms with Crippen LogP contribution in [0.4, 0.5) is 0 Å². The maximum absolute atomic E-state index is 13.5. The van der Waals surface area contributed by atoms with E-state index in [1.54, 1.807) is 30.3 Å². The van der Waals surface area contributed by atoms with E-state index < -0.39 is 153 Å². The van der Waals surface area contributed by atoms with Gasteiger partial charge >= 0.3 is 11.9 Å². The molecule has 0 saturated heterocycles. The van der Waals surface area contributed by atoms with Gasteiger partial charge in [-0.2, -0.15) is 0 Å². The lowest BCUT2D eigenvalue weighted by molar-refractivity contribution is -0.142. The van der Waals surface area contributed by atoms with Crippen LogP contribution in [0.5, 0.6) is 0 Å². The molecule has 0 spiro atoms. The highest BCUT2D eigenvalue weighted by Crippen LogP contribution is 2.08. The Morgan fingerprint density at radius 3 is 1.56 bits per heavy atom. The smallest absolute Gasteiger partial charge is 0.326 e. The second kappa shape index (κ2) is 28.3. The van der Waals surface area contributed by atoms with E-state index >= 15 is 0 Å². The van der Waals surface area contributed by atoms with Crippen molar-refractivity contribution < 1.29 is 78.6 Å². The van der Waals surface area contributed by atoms with Crippen LogP contribution in [0.3, 0.4) is 0 Å². The van der Waals surface area contributed by atoms with Crippen molar-refractivity contribution in [2.45, 2.75) is 106 Å². The summed E-state index contributed by atoms with van der Waals surface area (Å²) >= 11 is 0. The lowest BCUT2D eigenvalue weighted by Crippen LogP contribution is -2.62. The number of aliphatic carboxylic acids is 2. The number of nitrogens with one attached hydrogen (secondary N) is 7. The van der Waals surface area contributed by atoms with Crippen LogP contribution < -0.4 is 54.4 Å². The standard InChI is InChI=1S/C37H58N10O16/c1-18(51)29(47-33(58)24(14-27(40)52)43-30(55)20(39)15-48)36(61)46-26(17-50)34(59)41-21(10-11-28(53)54)31(56)45-25(16-49)35(60)44-23(13-19-7-3-2-4-8-19)32(57)42-22(37(62)63)9-5-6-12-38/h2-4,7-8,18,20-26,29,48-51H,5-6,9-17,38-39H2,1H3,(H2,40,52)(H,41,59)(H,42,57)(H,43,55)(H,44,60)(H,45,56)(H,46,61)(H,47,58)(H,53,54)(H,62,63)/t18-,20+,21+,22+,23+,24+,25+,26+,29+/m1/s1. The monoisotopic (exact) mass is 898 g/mol. The molecule has 0 bridgehead atoms. The normalized spacial score (nSPS) is 15.2. The van der Waals surface area contributed by atoms with Crippen LogP contribution in [0.1, 0.15) is 51.0 Å². The number of hydrogen-bond donors (Lipinski definition) is 16. The van der Waals surface area contributed by atoms with Crippen molar-refractivity contribution in [1.29, 1.82) is 0 Å². The molecule has 0 aliphatic heterocycles. The van der Waals surface area contributed by atoms with E-state index in [0.29, 0.717) is 18.4 Å². The first-order valence-corrected chi connectivity index (χ1v) is 19.5. The highest BCUT2D eigenvalue weighted by molar-refractivity contribution is 5.98. The summed E-state index contributed by atoms with van der Waals surface area (Å²) in [7, 11) is 0. The Kier molecular flexibility index (Phi) is 24.6. The van der Waals surface area contributed by atoms with Gasteiger partial charge in [0.05, 0.1) is 32.3 Å². The quantitative estimate of drug-likeness (QED) is 0.0319. The van der Waals surface area contributed by atoms with Gasteiger partial charge in [0.15, 0.2) is 0 Å². The molecule has 0 heterocycles. The predicted molar refractivity (Wildman–Crippen MR) is 216 cm³/mol. The molecule has 1 aromatic rings. The summed E-state index contributed by atoms with van der Waals surface area (Å²) in [6.45, 7) is -1.83. The first kappa shape index (κ1) is 54.7. The average Bonchev–Trinajstić information content (AvgIpc) is 3.23. The molecular weight excluding hydrogens is 840 g/mol. The lowest BCUT2D eigenvalue weighted by atomic mass is 10.0. The van der Waals surface area contributed by atoms with Crippen molar-refractivity contribution in [2.24, 2.45) is 17.2 Å². The van der Waals surface area contributed by atoms with Crippen molar-refractivity contribution in [3.8, 4) is 0 Å². The number of aliphatic hydroxyl groups excluding tert-OH is 4. The molecule has 26 heteroatoms. The van der Waals surface area contributed by atoms with E-state index in [9.17, 15) is 73.5 Å². The molecule has 0 radical (unpaired) electrons. The number of carboxylic acid groups (broad SMARTS) is 2. The zero-order chi connectivity index (χ0) is 47.8. The van der Waals surface area contributed by atoms with Crippen molar-refractivity contribution in [1.82, 2.24) is 37.2 Å².